The van der Waals surface area contributed by atoms with Gasteiger partial charge in [-0.1, -0.05) is 24.3 Å². The van der Waals surface area contributed by atoms with Gasteiger partial charge in [0, 0.05) is 64.1 Å². The van der Waals surface area contributed by atoms with E-state index in [9.17, 15) is 40.9 Å². The van der Waals surface area contributed by atoms with Gasteiger partial charge in [-0.25, -0.2) is 56.9 Å². The average molecular weight is 1030 g/mol. The zero-order valence-electron chi connectivity index (χ0n) is 41.0. The molecule has 1 atom stereocenters. The van der Waals surface area contributed by atoms with Crippen molar-refractivity contribution in [2.45, 2.75) is 78.4 Å². The van der Waals surface area contributed by atoms with Crippen molar-refractivity contribution in [3.63, 3.8) is 0 Å². The highest BCUT2D eigenvalue weighted by Crippen LogP contribution is 2.41. The number of aryl methyl sites for hydroxylation is 2. The summed E-state index contributed by atoms with van der Waals surface area (Å²) in [5.74, 6) is -3.66. The Balaban J connectivity index is 0.000000198. The molecule has 2 aliphatic rings. The molecule has 0 saturated heterocycles. The minimum atomic E-state index is -1.68. The van der Waals surface area contributed by atoms with Gasteiger partial charge in [0.05, 0.1) is 41.8 Å². The second-order valence-electron chi connectivity index (χ2n) is 17.6. The molecule has 4 aromatic carbocycles. The molecule has 0 aliphatic carbocycles. The number of hydrogen-bond donors (Lipinski definition) is 6. The maximum Gasteiger partial charge on any atom is 0.328 e. The molecule has 0 fully saturated rings. The van der Waals surface area contributed by atoms with Crippen molar-refractivity contribution >= 4 is 63.6 Å². The van der Waals surface area contributed by atoms with Crippen molar-refractivity contribution < 1.29 is 40.9 Å². The Morgan fingerprint density at radius 1 is 0.676 bits per heavy atom. The first kappa shape index (κ1) is 51.7. The number of anilines is 5. The van der Waals surface area contributed by atoms with E-state index in [0.29, 0.717) is 50.6 Å². The number of hydrogen-bond acceptors (Lipinski definition) is 11. The van der Waals surface area contributed by atoms with E-state index in [4.69, 9.17) is 4.98 Å². The highest BCUT2D eigenvalue weighted by Gasteiger charge is 2.36. The third kappa shape index (κ3) is 10.8. The van der Waals surface area contributed by atoms with Crippen molar-refractivity contribution in [1.29, 1.82) is 0 Å². The third-order valence-electron chi connectivity index (χ3n) is 11.5. The van der Waals surface area contributed by atoms with E-state index in [1.807, 2.05) is 41.5 Å². The molecule has 0 bridgehead atoms. The van der Waals surface area contributed by atoms with E-state index in [-0.39, 0.29) is 66.3 Å². The maximum absolute atomic E-state index is 14.9. The summed E-state index contributed by atoms with van der Waals surface area (Å²) in [5, 5.41) is 13.9. The van der Waals surface area contributed by atoms with Gasteiger partial charge in [0.2, 0.25) is 11.1 Å². The van der Waals surface area contributed by atoms with Gasteiger partial charge in [-0.15, -0.1) is 0 Å². The van der Waals surface area contributed by atoms with Crippen molar-refractivity contribution in [3.8, 4) is 22.5 Å². The number of H-pyrrole nitrogens is 1. The molecule has 74 heavy (non-hydrogen) atoms. The highest BCUT2D eigenvalue weighted by molar-refractivity contribution is 7.84. The summed E-state index contributed by atoms with van der Waals surface area (Å²) in [6.45, 7) is 11.3. The van der Waals surface area contributed by atoms with Gasteiger partial charge >= 0.3 is 12.1 Å². The number of amides is 6. The summed E-state index contributed by atoms with van der Waals surface area (Å²) >= 11 is 0. The Bertz CT molecular complexity index is 3340. The number of para-hydroxylation sites is 2. The van der Waals surface area contributed by atoms with E-state index in [0.717, 1.165) is 45.2 Å². The normalized spacial score (nSPS) is 13.3. The smallest absolute Gasteiger partial charge is 0.328 e. The number of nitrogens with zero attached hydrogens (tertiary/aromatic N) is 7. The van der Waals surface area contributed by atoms with Crippen molar-refractivity contribution in [1.82, 2.24) is 51.2 Å². The SMILES string of the molecule is Cc1ccc(C(=O)NC(C)C)cc1-c1nc(NCc2ncc[nH]2)nc2c1CNC(=O)N2c1c(F)cccc1F.Cc1ccc(C(=O)NC(C)C)cc1-c1nc(S(C)=O)nc2c1CNC(=O)N2c1c(F)cccc1F. The number of rotatable bonds is 12. The molecular formula is C51H49F4N13O5S. The molecule has 5 heterocycles. The van der Waals surface area contributed by atoms with Crippen LogP contribution in [0.1, 0.15) is 76.5 Å². The van der Waals surface area contributed by atoms with E-state index < -0.39 is 57.5 Å². The second-order valence-corrected chi connectivity index (χ2v) is 18.9. The number of carbonyl (C=O) groups is 4. The zero-order valence-corrected chi connectivity index (χ0v) is 41.8. The maximum atomic E-state index is 14.9. The summed E-state index contributed by atoms with van der Waals surface area (Å²) in [7, 11) is -1.68. The molecular weight excluding hydrogens is 983 g/mol. The summed E-state index contributed by atoms with van der Waals surface area (Å²) in [5.41, 5.74) is 3.84. The summed E-state index contributed by atoms with van der Waals surface area (Å²) in [6.07, 6.45) is 4.63. The standard InChI is InChI=1S/C27H26F2N8O2.C24H23F2N5O3S/c1-14(2)34-25(38)16-8-7-15(3)17(11-16)22-18-12-33-27(39)37(23-19(28)5-4-6-20(23)29)24(18)36-26(35-22)32-13-21-30-9-10-31-21;1-12(2)28-22(32)14-9-8-13(3)15(10-14)19-16-11-27-24(33)31(20-17(25)6-5-7-18(20)26)21(16)30-23(29-19)35(4)34/h4-11,14H,12-13H2,1-3H3,(H,30,31)(H,33,39)(H,34,38)(H,32,35,36);5-10,12H,11H2,1-4H3,(H,27,33)(H,28,32). The Labute approximate surface area is 424 Å². The molecule has 7 aromatic rings. The molecule has 0 spiro atoms. The Kier molecular flexibility index (Phi) is 15.1. The van der Waals surface area contributed by atoms with Gasteiger partial charge in [-0.05, 0) is 101 Å². The van der Waals surface area contributed by atoms with Crippen LogP contribution in [0.4, 0.5) is 56.1 Å². The first-order valence-corrected chi connectivity index (χ1v) is 24.6. The molecule has 9 rings (SSSR count). The Morgan fingerprint density at radius 2 is 1.14 bits per heavy atom. The number of halogens is 4. The van der Waals surface area contributed by atoms with Gasteiger partial charge in [0.15, 0.2) is 11.6 Å². The van der Waals surface area contributed by atoms with Gasteiger partial charge in [-0.3, -0.25) is 13.8 Å². The summed E-state index contributed by atoms with van der Waals surface area (Å²) in [4.78, 5) is 78.0. The topological polar surface area (TPSA) is 232 Å². The Hall–Kier alpha value is -8.60. The first-order valence-electron chi connectivity index (χ1n) is 23.1. The molecule has 18 nitrogen and oxygen atoms in total. The third-order valence-corrected chi connectivity index (χ3v) is 12.2. The fourth-order valence-corrected chi connectivity index (χ4v) is 8.49. The number of fused-ring (bicyclic) bond motifs is 2. The van der Waals surface area contributed by atoms with Crippen LogP contribution in [0.25, 0.3) is 22.5 Å². The number of benzene rings is 4. The van der Waals surface area contributed by atoms with Crippen LogP contribution in [0.3, 0.4) is 0 Å². The van der Waals surface area contributed by atoms with Crippen LogP contribution in [0.5, 0.6) is 0 Å². The number of aromatic amines is 1. The minimum Gasteiger partial charge on any atom is -0.350 e. The molecule has 2 aliphatic heterocycles. The first-order chi connectivity index (χ1) is 35.3. The summed E-state index contributed by atoms with van der Waals surface area (Å²) in [6, 6.07) is 15.2. The van der Waals surface area contributed by atoms with Crippen LogP contribution in [0.2, 0.25) is 0 Å². The molecule has 23 heteroatoms. The van der Waals surface area contributed by atoms with Crippen LogP contribution in [-0.2, 0) is 30.4 Å². The number of urea groups is 2. The summed E-state index contributed by atoms with van der Waals surface area (Å²) < 4.78 is 71.6. The van der Waals surface area contributed by atoms with E-state index >= 15 is 0 Å². The van der Waals surface area contributed by atoms with E-state index in [1.54, 1.807) is 48.8 Å². The van der Waals surface area contributed by atoms with Crippen molar-refractivity contribution in [2.75, 3.05) is 21.4 Å². The molecule has 382 valence electrons. The van der Waals surface area contributed by atoms with Gasteiger partial charge in [0.25, 0.3) is 11.8 Å². The Morgan fingerprint density at radius 3 is 1.57 bits per heavy atom. The van der Waals surface area contributed by atoms with Crippen LogP contribution < -0.4 is 36.4 Å². The monoisotopic (exact) mass is 1030 g/mol. The van der Waals surface area contributed by atoms with Gasteiger partial charge < -0.3 is 31.6 Å². The lowest BCUT2D eigenvalue weighted by molar-refractivity contribution is 0.0934. The van der Waals surface area contributed by atoms with Gasteiger partial charge in [-0.2, -0.15) is 4.98 Å². The number of imidazole rings is 1. The average Bonchev–Trinajstić information content (AvgIpc) is 3.88. The fraction of sp³-hybridized carbons (Fsp3) is 0.235. The highest BCUT2D eigenvalue weighted by atomic mass is 32.2. The fourth-order valence-electron chi connectivity index (χ4n) is 8.06. The molecule has 1 unspecified atom stereocenters. The molecule has 6 N–H and O–H groups in total. The number of nitrogens with one attached hydrogen (secondary N) is 6. The number of carbonyl (C=O) groups excluding carboxylic acids is 4. The van der Waals surface area contributed by atoms with E-state index in [1.165, 1.54) is 18.4 Å². The predicted molar refractivity (Wildman–Crippen MR) is 269 cm³/mol. The van der Waals surface area contributed by atoms with Crippen molar-refractivity contribution in [3.05, 3.63) is 148 Å². The zero-order chi connectivity index (χ0) is 53.1. The van der Waals surface area contributed by atoms with E-state index in [2.05, 4.69) is 51.5 Å². The van der Waals surface area contributed by atoms with Crippen LogP contribution in [-0.4, -0.2) is 76.3 Å². The van der Waals surface area contributed by atoms with Crippen molar-refractivity contribution in [2.24, 2.45) is 0 Å². The minimum absolute atomic E-state index is 0.0103. The molecule has 6 amide bonds. The van der Waals surface area contributed by atoms with Crippen LogP contribution in [0, 0.1) is 37.1 Å². The quantitative estimate of drug-likeness (QED) is 0.0502. The lowest BCUT2D eigenvalue weighted by Crippen LogP contribution is -2.43. The largest absolute Gasteiger partial charge is 0.350 e. The lowest BCUT2D eigenvalue weighted by Gasteiger charge is -2.31. The number of aromatic nitrogens is 6. The van der Waals surface area contributed by atoms with Crippen LogP contribution in [0.15, 0.2) is 90.3 Å². The predicted octanol–water partition coefficient (Wildman–Crippen LogP) is 8.53. The molecule has 3 aromatic heterocycles. The lowest BCUT2D eigenvalue weighted by atomic mass is 9.97. The second kappa shape index (κ2) is 21.6. The molecule has 0 saturated carbocycles. The van der Waals surface area contributed by atoms with Crippen LogP contribution >= 0.6 is 0 Å². The van der Waals surface area contributed by atoms with Gasteiger partial charge in [0.1, 0.15) is 40.5 Å². The molecule has 0 radical (unpaired) electrons.